The highest BCUT2D eigenvalue weighted by molar-refractivity contribution is 7.06. The predicted octanol–water partition coefficient (Wildman–Crippen LogP) is 6.07. The fourth-order valence-corrected chi connectivity index (χ4v) is 4.45. The highest BCUT2D eigenvalue weighted by Gasteiger charge is 2.25. The van der Waals surface area contributed by atoms with E-state index in [-0.39, 0.29) is 6.13 Å². The zero-order valence-corrected chi connectivity index (χ0v) is 14.1. The van der Waals surface area contributed by atoms with Gasteiger partial charge >= 0.3 is 0 Å². The Kier molecular flexibility index (Phi) is 3.17. The number of hydrogen-bond acceptors (Lipinski definition) is 0. The van der Waals surface area contributed by atoms with Gasteiger partial charge in [-0.15, -0.1) is 0 Å². The van der Waals surface area contributed by atoms with Crippen LogP contribution in [0.15, 0.2) is 72.8 Å². The van der Waals surface area contributed by atoms with Crippen LogP contribution in [0.4, 0.5) is 0 Å². The SMILES string of the molecule is ClB1Cc2ccc3ccccc3c2-c2c(ccc3ccccc23)C1. The van der Waals surface area contributed by atoms with Crippen LogP contribution in [0.2, 0.25) is 0 Å². The third-order valence-corrected chi connectivity index (χ3v) is 5.47. The van der Waals surface area contributed by atoms with Crippen molar-refractivity contribution in [2.24, 2.45) is 0 Å². The molecule has 1 aliphatic rings. The first-order valence-corrected chi connectivity index (χ1v) is 8.90. The maximum absolute atomic E-state index is 6.68. The van der Waals surface area contributed by atoms with Gasteiger partial charge in [0.05, 0.1) is 0 Å². The van der Waals surface area contributed by atoms with Gasteiger partial charge in [0.25, 0.3) is 6.13 Å². The van der Waals surface area contributed by atoms with Gasteiger partial charge in [0.1, 0.15) is 0 Å². The predicted molar refractivity (Wildman–Crippen MR) is 106 cm³/mol. The molecule has 0 unspecified atom stereocenters. The van der Waals surface area contributed by atoms with Crippen molar-refractivity contribution < 1.29 is 0 Å². The molecule has 0 aliphatic carbocycles. The molecule has 2 heteroatoms. The number of rotatable bonds is 0. The number of fused-ring (bicyclic) bond motifs is 7. The van der Waals surface area contributed by atoms with E-state index in [1.807, 2.05) is 0 Å². The lowest BCUT2D eigenvalue weighted by atomic mass is 9.66. The molecule has 4 aromatic rings. The summed E-state index contributed by atoms with van der Waals surface area (Å²) in [5, 5.41) is 5.25. The van der Waals surface area contributed by atoms with Gasteiger partial charge in [0, 0.05) is 0 Å². The molecule has 0 saturated carbocycles. The van der Waals surface area contributed by atoms with Crippen LogP contribution in [0.3, 0.4) is 0 Å². The molecule has 5 rings (SSSR count). The molecule has 0 spiro atoms. The molecule has 0 nitrogen and oxygen atoms in total. The summed E-state index contributed by atoms with van der Waals surface area (Å²) in [5.41, 5.74) is 5.48. The minimum atomic E-state index is 0.146. The van der Waals surface area contributed by atoms with E-state index in [1.165, 1.54) is 43.8 Å². The maximum Gasteiger partial charge on any atom is 0.259 e. The molecule has 114 valence electrons. The normalized spacial score (nSPS) is 13.6. The van der Waals surface area contributed by atoms with E-state index < -0.39 is 0 Å². The van der Waals surface area contributed by atoms with Gasteiger partial charge in [-0.25, -0.2) is 0 Å². The Hall–Kier alpha value is -2.25. The van der Waals surface area contributed by atoms with Crippen LogP contribution >= 0.6 is 11.5 Å². The molecule has 0 bridgehead atoms. The Morgan fingerprint density at radius 2 is 1.04 bits per heavy atom. The molecule has 1 heterocycles. The van der Waals surface area contributed by atoms with E-state index in [1.54, 1.807) is 0 Å². The van der Waals surface area contributed by atoms with Crippen molar-refractivity contribution in [1.29, 1.82) is 0 Å². The van der Waals surface area contributed by atoms with Crippen LogP contribution in [0.5, 0.6) is 0 Å². The van der Waals surface area contributed by atoms with E-state index in [4.69, 9.17) is 11.5 Å². The minimum Gasteiger partial charge on any atom is -0.195 e. The molecule has 24 heavy (non-hydrogen) atoms. The Balaban J connectivity index is 2.00. The zero-order chi connectivity index (χ0) is 16.1. The van der Waals surface area contributed by atoms with Crippen molar-refractivity contribution in [3.05, 3.63) is 83.9 Å². The molecule has 1 aliphatic heterocycles. The molecule has 0 atom stereocenters. The third kappa shape index (κ3) is 2.08. The van der Waals surface area contributed by atoms with Crippen LogP contribution in [0.1, 0.15) is 11.1 Å². The van der Waals surface area contributed by atoms with Crippen LogP contribution in [-0.2, 0) is 12.6 Å². The Labute approximate surface area is 147 Å². The summed E-state index contributed by atoms with van der Waals surface area (Å²) >= 11 is 6.68. The van der Waals surface area contributed by atoms with Gasteiger partial charge in [0.15, 0.2) is 0 Å². The van der Waals surface area contributed by atoms with Crippen LogP contribution in [0, 0.1) is 0 Å². The van der Waals surface area contributed by atoms with Crippen molar-refractivity contribution >= 4 is 39.1 Å². The summed E-state index contributed by atoms with van der Waals surface area (Å²) in [6.45, 7) is 0. The number of halogens is 1. The van der Waals surface area contributed by atoms with Crippen LogP contribution < -0.4 is 0 Å². The van der Waals surface area contributed by atoms with E-state index in [2.05, 4.69) is 72.8 Å². The van der Waals surface area contributed by atoms with E-state index in [0.717, 1.165) is 12.6 Å². The first kappa shape index (κ1) is 14.1. The van der Waals surface area contributed by atoms with Crippen LogP contribution in [0.25, 0.3) is 32.7 Å². The van der Waals surface area contributed by atoms with E-state index in [0.29, 0.717) is 0 Å². The fourth-order valence-electron chi connectivity index (χ4n) is 4.11. The van der Waals surface area contributed by atoms with E-state index in [9.17, 15) is 0 Å². The van der Waals surface area contributed by atoms with Crippen molar-refractivity contribution in [2.75, 3.05) is 0 Å². The molecular formula is C22H16BCl. The van der Waals surface area contributed by atoms with Gasteiger partial charge < -0.3 is 0 Å². The van der Waals surface area contributed by atoms with Gasteiger partial charge in [-0.1, -0.05) is 72.8 Å². The second kappa shape index (κ2) is 5.39. The average molecular weight is 327 g/mol. The average Bonchev–Trinajstić information content (AvgIpc) is 2.77. The smallest absolute Gasteiger partial charge is 0.195 e. The topological polar surface area (TPSA) is 0 Å². The highest BCUT2D eigenvalue weighted by Crippen LogP contribution is 2.41. The summed E-state index contributed by atoms with van der Waals surface area (Å²) < 4.78 is 0. The lowest BCUT2D eigenvalue weighted by Gasteiger charge is -2.16. The summed E-state index contributed by atoms with van der Waals surface area (Å²) in [4.78, 5) is 0. The van der Waals surface area contributed by atoms with Gasteiger partial charge in [-0.2, -0.15) is 11.5 Å². The Morgan fingerprint density at radius 1 is 0.583 bits per heavy atom. The summed E-state index contributed by atoms with van der Waals surface area (Å²) in [5.74, 6) is 0. The third-order valence-electron chi connectivity index (χ3n) is 5.16. The van der Waals surface area contributed by atoms with Crippen LogP contribution in [-0.4, -0.2) is 6.13 Å². The quantitative estimate of drug-likeness (QED) is 0.344. The molecule has 0 amide bonds. The number of benzene rings is 4. The zero-order valence-electron chi connectivity index (χ0n) is 13.3. The molecule has 0 radical (unpaired) electrons. The molecular weight excluding hydrogens is 311 g/mol. The minimum absolute atomic E-state index is 0.146. The van der Waals surface area contributed by atoms with Crippen molar-refractivity contribution in [1.82, 2.24) is 0 Å². The first-order chi connectivity index (χ1) is 11.8. The summed E-state index contributed by atoms with van der Waals surface area (Å²) in [6, 6.07) is 26.4. The monoisotopic (exact) mass is 326 g/mol. The lowest BCUT2D eigenvalue weighted by Crippen LogP contribution is -2.11. The second-order valence-electron chi connectivity index (χ2n) is 6.65. The maximum atomic E-state index is 6.68. The molecule has 0 saturated heterocycles. The Morgan fingerprint density at radius 3 is 1.54 bits per heavy atom. The van der Waals surface area contributed by atoms with Gasteiger partial charge in [-0.05, 0) is 56.4 Å². The largest absolute Gasteiger partial charge is 0.259 e. The molecule has 0 N–H and O–H groups in total. The summed E-state index contributed by atoms with van der Waals surface area (Å²) in [6.07, 6.45) is 1.99. The van der Waals surface area contributed by atoms with Crippen molar-refractivity contribution in [2.45, 2.75) is 12.6 Å². The van der Waals surface area contributed by atoms with Crippen molar-refractivity contribution in [3.8, 4) is 11.1 Å². The fraction of sp³-hybridized carbons (Fsp3) is 0.0909. The molecule has 4 aromatic carbocycles. The molecule has 0 aromatic heterocycles. The second-order valence-corrected chi connectivity index (χ2v) is 7.26. The number of hydrogen-bond donors (Lipinski definition) is 0. The van der Waals surface area contributed by atoms with Crippen molar-refractivity contribution in [3.63, 3.8) is 0 Å². The summed E-state index contributed by atoms with van der Waals surface area (Å²) in [7, 11) is 0. The molecule has 0 fully saturated rings. The van der Waals surface area contributed by atoms with Gasteiger partial charge in [0.2, 0.25) is 0 Å². The van der Waals surface area contributed by atoms with E-state index >= 15 is 0 Å². The Bertz CT molecular complexity index is 996. The highest BCUT2D eigenvalue weighted by atomic mass is 35.5. The first-order valence-electron chi connectivity index (χ1n) is 8.47. The van der Waals surface area contributed by atoms with Gasteiger partial charge in [-0.3, -0.25) is 0 Å². The lowest BCUT2D eigenvalue weighted by molar-refractivity contribution is 1.35. The standard InChI is InChI=1S/C22H16BCl/c24-23-13-17-11-9-15-5-1-3-7-19(15)21(17)22-18(14-23)12-10-16-6-2-4-8-20(16)22/h1-12H,13-14H2.